The number of rotatable bonds is 9. The number of nitrogens with zero attached hydrogens (tertiary/aromatic N) is 1. The minimum Gasteiger partial charge on any atom is -0.481 e. The molecule has 0 bridgehead atoms. The summed E-state index contributed by atoms with van der Waals surface area (Å²) in [7, 11) is 1.17. The van der Waals surface area contributed by atoms with E-state index in [9.17, 15) is 14.4 Å². The summed E-state index contributed by atoms with van der Waals surface area (Å²) in [5.41, 5.74) is 0. The predicted octanol–water partition coefficient (Wildman–Crippen LogP) is 1.56. The fourth-order valence-corrected chi connectivity index (χ4v) is 1.70. The van der Waals surface area contributed by atoms with E-state index in [0.29, 0.717) is 6.42 Å². The Hall–Kier alpha value is -1.79. The Labute approximate surface area is 112 Å². The lowest BCUT2D eigenvalue weighted by Crippen LogP contribution is -2.45. The average Bonchev–Trinajstić information content (AvgIpc) is 2.35. The monoisotopic (exact) mass is 275 g/mol. The molecule has 1 atom stereocenters. The molecular weight excluding hydrogens is 254 g/mol. The first kappa shape index (κ1) is 17.2. The highest BCUT2D eigenvalue weighted by molar-refractivity contribution is 5.80. The molecule has 0 spiro atoms. The number of carbonyl (C=O) groups excluding carboxylic acids is 1. The highest BCUT2D eigenvalue weighted by Crippen LogP contribution is 2.12. The molecule has 2 N–H and O–H groups in total. The van der Waals surface area contributed by atoms with Crippen LogP contribution in [0.5, 0.6) is 0 Å². The first-order chi connectivity index (χ1) is 8.93. The summed E-state index contributed by atoms with van der Waals surface area (Å²) in [4.78, 5) is 34.4. The number of carbonyl (C=O) groups is 3. The fraction of sp³-hybridized carbons (Fsp3) is 0.750. The van der Waals surface area contributed by atoms with E-state index >= 15 is 0 Å². The number of carboxylic acids is 2. The minimum atomic E-state index is -1.22. The molecule has 0 radical (unpaired) electrons. The summed E-state index contributed by atoms with van der Waals surface area (Å²) in [6, 6.07) is -1.17. The molecule has 0 saturated heterocycles. The van der Waals surface area contributed by atoms with Gasteiger partial charge in [0.05, 0.1) is 7.11 Å². The summed E-state index contributed by atoms with van der Waals surface area (Å²) < 4.78 is 4.56. The first-order valence-corrected chi connectivity index (χ1v) is 6.23. The second kappa shape index (κ2) is 9.18. The molecule has 7 heteroatoms. The second-order valence-electron chi connectivity index (χ2n) is 4.16. The summed E-state index contributed by atoms with van der Waals surface area (Å²) in [6.07, 6.45) is 1.27. The lowest BCUT2D eigenvalue weighted by Gasteiger charge is -2.27. The van der Waals surface area contributed by atoms with Crippen LogP contribution >= 0.6 is 0 Å². The van der Waals surface area contributed by atoms with Crippen LogP contribution in [0.15, 0.2) is 0 Å². The first-order valence-electron chi connectivity index (χ1n) is 6.23. The molecule has 0 aliphatic rings. The van der Waals surface area contributed by atoms with Crippen molar-refractivity contribution >= 4 is 18.0 Å². The third kappa shape index (κ3) is 6.64. The van der Waals surface area contributed by atoms with Crippen LogP contribution in [-0.4, -0.2) is 52.8 Å². The predicted molar refractivity (Wildman–Crippen MR) is 66.9 cm³/mol. The van der Waals surface area contributed by atoms with Crippen molar-refractivity contribution in [3.05, 3.63) is 0 Å². The third-order valence-corrected chi connectivity index (χ3v) is 2.70. The quantitative estimate of drug-likeness (QED) is 0.619. The van der Waals surface area contributed by atoms with E-state index in [2.05, 4.69) is 4.74 Å². The molecule has 0 unspecified atom stereocenters. The van der Waals surface area contributed by atoms with E-state index < -0.39 is 24.1 Å². The van der Waals surface area contributed by atoms with Crippen molar-refractivity contribution < 1.29 is 29.3 Å². The molecule has 110 valence electrons. The van der Waals surface area contributed by atoms with Gasteiger partial charge in [0.25, 0.3) is 0 Å². The summed E-state index contributed by atoms with van der Waals surface area (Å²) in [5.74, 6) is -2.31. The Balaban J connectivity index is 4.75. The van der Waals surface area contributed by atoms with Crippen LogP contribution in [0.4, 0.5) is 4.79 Å². The molecule has 0 aliphatic heterocycles. The van der Waals surface area contributed by atoms with Crippen LogP contribution in [0.2, 0.25) is 0 Å². The number of carboxylic acid groups (broad SMARTS) is 2. The highest BCUT2D eigenvalue weighted by atomic mass is 16.5. The fourth-order valence-electron chi connectivity index (χ4n) is 1.70. The molecule has 7 nitrogen and oxygen atoms in total. The molecule has 0 aliphatic carbocycles. The van der Waals surface area contributed by atoms with Gasteiger partial charge in [-0.1, -0.05) is 19.8 Å². The van der Waals surface area contributed by atoms with Gasteiger partial charge in [-0.2, -0.15) is 0 Å². The molecule has 0 rings (SSSR count). The van der Waals surface area contributed by atoms with Gasteiger partial charge in [-0.25, -0.2) is 9.59 Å². The molecule has 1 amide bonds. The zero-order valence-electron chi connectivity index (χ0n) is 11.3. The van der Waals surface area contributed by atoms with Gasteiger partial charge < -0.3 is 14.9 Å². The Morgan fingerprint density at radius 1 is 1.21 bits per heavy atom. The van der Waals surface area contributed by atoms with E-state index in [1.54, 1.807) is 0 Å². The van der Waals surface area contributed by atoms with Crippen LogP contribution in [0.3, 0.4) is 0 Å². The Bertz CT molecular complexity index is 317. The number of methoxy groups -OCH3 is 1. The number of ether oxygens (including phenoxy) is 1. The van der Waals surface area contributed by atoms with Gasteiger partial charge in [-0.15, -0.1) is 0 Å². The number of hydrogen-bond acceptors (Lipinski definition) is 4. The van der Waals surface area contributed by atoms with Gasteiger partial charge in [0, 0.05) is 13.0 Å². The van der Waals surface area contributed by atoms with E-state index in [4.69, 9.17) is 10.2 Å². The zero-order chi connectivity index (χ0) is 14.8. The Morgan fingerprint density at radius 3 is 2.26 bits per heavy atom. The summed E-state index contributed by atoms with van der Waals surface area (Å²) in [5, 5.41) is 17.7. The molecule has 0 heterocycles. The van der Waals surface area contributed by atoms with Crippen molar-refractivity contribution in [3.8, 4) is 0 Å². The van der Waals surface area contributed by atoms with Crippen LogP contribution in [0, 0.1) is 0 Å². The van der Waals surface area contributed by atoms with Gasteiger partial charge >= 0.3 is 18.0 Å². The largest absolute Gasteiger partial charge is 0.481 e. The van der Waals surface area contributed by atoms with Crippen molar-refractivity contribution in [1.82, 2.24) is 4.90 Å². The van der Waals surface area contributed by atoms with Crippen LogP contribution in [0.1, 0.15) is 39.0 Å². The molecule has 0 aromatic carbocycles. The van der Waals surface area contributed by atoms with Gasteiger partial charge in [0.2, 0.25) is 0 Å². The van der Waals surface area contributed by atoms with E-state index in [0.717, 1.165) is 17.7 Å². The standard InChI is InChI=1S/C12H21NO6/c1-3-4-5-8-13(12(18)19-2)9(11(16)17)6-7-10(14)15/h9H,3-8H2,1-2H3,(H,14,15)(H,16,17)/t9-/m0/s1. The van der Waals surface area contributed by atoms with Crippen molar-refractivity contribution in [2.75, 3.05) is 13.7 Å². The smallest absolute Gasteiger partial charge is 0.410 e. The number of aliphatic carboxylic acids is 2. The number of hydrogen-bond donors (Lipinski definition) is 2. The highest BCUT2D eigenvalue weighted by Gasteiger charge is 2.30. The topological polar surface area (TPSA) is 104 Å². The third-order valence-electron chi connectivity index (χ3n) is 2.70. The molecule has 19 heavy (non-hydrogen) atoms. The maximum absolute atomic E-state index is 11.6. The van der Waals surface area contributed by atoms with E-state index in [1.807, 2.05) is 6.92 Å². The van der Waals surface area contributed by atoms with Gasteiger partial charge in [0.1, 0.15) is 6.04 Å². The summed E-state index contributed by atoms with van der Waals surface area (Å²) >= 11 is 0. The molecule has 0 aromatic rings. The van der Waals surface area contributed by atoms with Crippen molar-refractivity contribution in [2.24, 2.45) is 0 Å². The van der Waals surface area contributed by atoms with Gasteiger partial charge in [0.15, 0.2) is 0 Å². The molecule has 0 aromatic heterocycles. The zero-order valence-corrected chi connectivity index (χ0v) is 11.3. The maximum atomic E-state index is 11.6. The van der Waals surface area contributed by atoms with Crippen molar-refractivity contribution in [1.29, 1.82) is 0 Å². The SMILES string of the molecule is CCCCCN(C(=O)OC)[C@@H](CCC(=O)O)C(=O)O. The minimum absolute atomic E-state index is 0.133. The van der Waals surface area contributed by atoms with Crippen LogP contribution in [0.25, 0.3) is 0 Å². The van der Waals surface area contributed by atoms with Crippen molar-refractivity contribution in [3.63, 3.8) is 0 Å². The number of amides is 1. The second-order valence-corrected chi connectivity index (χ2v) is 4.16. The lowest BCUT2D eigenvalue weighted by molar-refractivity contribution is -0.144. The maximum Gasteiger partial charge on any atom is 0.410 e. The Kier molecular flexibility index (Phi) is 8.32. The molecular formula is C12H21NO6. The van der Waals surface area contributed by atoms with Crippen molar-refractivity contribution in [2.45, 2.75) is 45.1 Å². The van der Waals surface area contributed by atoms with Crippen LogP contribution < -0.4 is 0 Å². The summed E-state index contributed by atoms with van der Waals surface area (Å²) in [6.45, 7) is 2.23. The lowest BCUT2D eigenvalue weighted by atomic mass is 10.1. The van der Waals surface area contributed by atoms with Gasteiger partial charge in [-0.3, -0.25) is 9.69 Å². The average molecular weight is 275 g/mol. The molecule has 0 fully saturated rings. The molecule has 0 saturated carbocycles. The Morgan fingerprint density at radius 2 is 1.84 bits per heavy atom. The van der Waals surface area contributed by atoms with Crippen LogP contribution in [-0.2, 0) is 14.3 Å². The van der Waals surface area contributed by atoms with E-state index in [1.165, 1.54) is 7.11 Å². The normalized spacial score (nSPS) is 11.7. The van der Waals surface area contributed by atoms with E-state index in [-0.39, 0.29) is 19.4 Å². The number of unbranched alkanes of at least 4 members (excludes halogenated alkanes) is 2. The van der Waals surface area contributed by atoms with Gasteiger partial charge in [-0.05, 0) is 12.8 Å².